The molecule has 0 aliphatic heterocycles. The van der Waals surface area contributed by atoms with Gasteiger partial charge in [0.05, 0.1) is 0 Å². The average Bonchev–Trinajstić information content (AvgIpc) is 2.65. The Morgan fingerprint density at radius 1 is 1.79 bits per heavy atom. The van der Waals surface area contributed by atoms with Gasteiger partial charge >= 0.3 is 6.03 Å². The Morgan fingerprint density at radius 2 is 2.57 bits per heavy atom. The Kier molecular flexibility index (Phi) is 2.67. The van der Waals surface area contributed by atoms with Crippen molar-refractivity contribution in [2.24, 2.45) is 11.8 Å². The number of carbonyl (C=O) groups is 1. The van der Waals surface area contributed by atoms with Crippen LogP contribution in [0.15, 0.2) is 11.6 Å². The third kappa shape index (κ3) is 2.45. The van der Waals surface area contributed by atoms with Gasteiger partial charge in [-0.2, -0.15) is 0 Å². The van der Waals surface area contributed by atoms with Crippen LogP contribution in [0.4, 0.5) is 9.93 Å². The molecule has 0 aromatic carbocycles. The molecule has 1 heterocycles. The smallest absolute Gasteiger partial charge is 0.321 e. The zero-order valence-corrected chi connectivity index (χ0v) is 8.80. The Bertz CT molecular complexity index is 312. The normalized spacial score (nSPS) is 24.4. The Morgan fingerprint density at radius 3 is 3.14 bits per heavy atom. The number of hydrogen-bond acceptors (Lipinski definition) is 3. The highest BCUT2D eigenvalue weighted by Gasteiger charge is 2.32. The SMILES string of the molecule is CC1CC1CNC(=O)Nc1nccs1. The number of hydrogen-bond donors (Lipinski definition) is 2. The number of urea groups is 1. The second-order valence-electron chi connectivity index (χ2n) is 3.65. The van der Waals surface area contributed by atoms with Crippen LogP contribution in [0.2, 0.25) is 0 Å². The zero-order chi connectivity index (χ0) is 9.97. The minimum absolute atomic E-state index is 0.154. The van der Waals surface area contributed by atoms with Crippen molar-refractivity contribution >= 4 is 22.5 Å². The number of carbonyl (C=O) groups excluding carboxylic acids is 1. The van der Waals surface area contributed by atoms with E-state index in [2.05, 4.69) is 22.5 Å². The van der Waals surface area contributed by atoms with Gasteiger partial charge < -0.3 is 5.32 Å². The number of nitrogens with one attached hydrogen (secondary N) is 2. The van der Waals surface area contributed by atoms with Crippen LogP contribution in [0, 0.1) is 11.8 Å². The van der Waals surface area contributed by atoms with Crippen molar-refractivity contribution in [1.82, 2.24) is 10.3 Å². The summed E-state index contributed by atoms with van der Waals surface area (Å²) in [6.07, 6.45) is 2.90. The van der Waals surface area contributed by atoms with Crippen molar-refractivity contribution in [3.8, 4) is 0 Å². The maximum Gasteiger partial charge on any atom is 0.321 e. The number of rotatable bonds is 3. The van der Waals surface area contributed by atoms with E-state index in [4.69, 9.17) is 0 Å². The maximum absolute atomic E-state index is 11.3. The molecule has 1 fully saturated rings. The first-order valence-electron chi connectivity index (χ1n) is 4.70. The average molecular weight is 211 g/mol. The molecule has 0 radical (unpaired) electrons. The van der Waals surface area contributed by atoms with Crippen LogP contribution in [-0.2, 0) is 0 Å². The Labute approximate surface area is 86.7 Å². The highest BCUT2D eigenvalue weighted by molar-refractivity contribution is 7.13. The fourth-order valence-corrected chi connectivity index (χ4v) is 1.86. The molecule has 5 heteroatoms. The fourth-order valence-electron chi connectivity index (χ4n) is 1.33. The third-order valence-corrected chi connectivity index (χ3v) is 3.14. The first-order chi connectivity index (χ1) is 6.75. The largest absolute Gasteiger partial charge is 0.338 e. The van der Waals surface area contributed by atoms with Gasteiger partial charge in [0.15, 0.2) is 5.13 Å². The second-order valence-corrected chi connectivity index (χ2v) is 4.54. The fraction of sp³-hybridized carbons (Fsp3) is 0.556. The van der Waals surface area contributed by atoms with Crippen molar-refractivity contribution in [3.05, 3.63) is 11.6 Å². The van der Waals surface area contributed by atoms with E-state index < -0.39 is 0 Å². The monoisotopic (exact) mass is 211 g/mol. The summed E-state index contributed by atoms with van der Waals surface area (Å²) in [5.74, 6) is 1.45. The summed E-state index contributed by atoms with van der Waals surface area (Å²) in [6, 6.07) is -0.154. The number of nitrogens with zero attached hydrogens (tertiary/aromatic N) is 1. The zero-order valence-electron chi connectivity index (χ0n) is 7.99. The second kappa shape index (κ2) is 3.96. The number of amides is 2. The molecule has 14 heavy (non-hydrogen) atoms. The first kappa shape index (κ1) is 9.45. The lowest BCUT2D eigenvalue weighted by Gasteiger charge is -2.03. The van der Waals surface area contributed by atoms with Crippen LogP contribution in [0.25, 0.3) is 0 Å². The molecule has 0 bridgehead atoms. The van der Waals surface area contributed by atoms with Gasteiger partial charge in [0.2, 0.25) is 0 Å². The van der Waals surface area contributed by atoms with E-state index in [9.17, 15) is 4.79 Å². The molecule has 0 saturated heterocycles. The first-order valence-corrected chi connectivity index (χ1v) is 5.58. The van der Waals surface area contributed by atoms with E-state index >= 15 is 0 Å². The minimum atomic E-state index is -0.154. The summed E-state index contributed by atoms with van der Waals surface area (Å²) in [5, 5.41) is 7.98. The molecule has 2 amide bonds. The molecular weight excluding hydrogens is 198 g/mol. The van der Waals surface area contributed by atoms with Crippen molar-refractivity contribution in [1.29, 1.82) is 0 Å². The van der Waals surface area contributed by atoms with Crippen LogP contribution >= 0.6 is 11.3 Å². The molecular formula is C9H13N3OS. The van der Waals surface area contributed by atoms with Gasteiger partial charge in [0.25, 0.3) is 0 Å². The molecule has 1 aromatic rings. The Balaban J connectivity index is 1.69. The summed E-state index contributed by atoms with van der Waals surface area (Å²) < 4.78 is 0. The van der Waals surface area contributed by atoms with Gasteiger partial charge in [-0.05, 0) is 18.3 Å². The molecule has 1 aliphatic carbocycles. The number of thiazole rings is 1. The molecule has 2 atom stereocenters. The van der Waals surface area contributed by atoms with E-state index in [-0.39, 0.29) is 6.03 Å². The molecule has 0 spiro atoms. The molecule has 76 valence electrons. The summed E-state index contributed by atoms with van der Waals surface area (Å²) in [4.78, 5) is 15.3. The molecule has 2 unspecified atom stereocenters. The third-order valence-electron chi connectivity index (χ3n) is 2.45. The van der Waals surface area contributed by atoms with Gasteiger partial charge in [-0.25, -0.2) is 9.78 Å². The van der Waals surface area contributed by atoms with Crippen LogP contribution < -0.4 is 10.6 Å². The van der Waals surface area contributed by atoms with Crippen LogP contribution in [0.5, 0.6) is 0 Å². The molecule has 1 aromatic heterocycles. The summed E-state index contributed by atoms with van der Waals surface area (Å²) in [6.45, 7) is 2.98. The van der Waals surface area contributed by atoms with E-state index in [0.717, 1.165) is 12.5 Å². The van der Waals surface area contributed by atoms with E-state index in [1.165, 1.54) is 17.8 Å². The Hall–Kier alpha value is -1.10. The predicted octanol–water partition coefficient (Wildman–Crippen LogP) is 1.92. The highest BCUT2D eigenvalue weighted by atomic mass is 32.1. The highest BCUT2D eigenvalue weighted by Crippen LogP contribution is 2.36. The van der Waals surface area contributed by atoms with Gasteiger partial charge in [-0.3, -0.25) is 5.32 Å². The summed E-state index contributed by atoms with van der Waals surface area (Å²) in [7, 11) is 0. The maximum atomic E-state index is 11.3. The lowest BCUT2D eigenvalue weighted by atomic mass is 10.3. The standard InChI is InChI=1S/C9H13N3OS/c1-6-4-7(6)5-11-8(13)12-9-10-2-3-14-9/h2-3,6-7H,4-5H2,1H3,(H2,10,11,12,13). The van der Waals surface area contributed by atoms with Crippen LogP contribution in [-0.4, -0.2) is 17.6 Å². The van der Waals surface area contributed by atoms with Gasteiger partial charge in [0.1, 0.15) is 0 Å². The van der Waals surface area contributed by atoms with Gasteiger partial charge in [0, 0.05) is 18.1 Å². The number of aromatic nitrogens is 1. The molecule has 2 N–H and O–H groups in total. The predicted molar refractivity (Wildman–Crippen MR) is 56.4 cm³/mol. The van der Waals surface area contributed by atoms with E-state index in [0.29, 0.717) is 11.0 Å². The molecule has 2 rings (SSSR count). The molecule has 1 aliphatic rings. The van der Waals surface area contributed by atoms with Crippen LogP contribution in [0.1, 0.15) is 13.3 Å². The van der Waals surface area contributed by atoms with E-state index in [1.54, 1.807) is 6.20 Å². The quantitative estimate of drug-likeness (QED) is 0.802. The molecule has 1 saturated carbocycles. The topological polar surface area (TPSA) is 54.0 Å². The van der Waals surface area contributed by atoms with E-state index in [1.807, 2.05) is 5.38 Å². The van der Waals surface area contributed by atoms with Crippen molar-refractivity contribution < 1.29 is 4.79 Å². The molecule has 4 nitrogen and oxygen atoms in total. The minimum Gasteiger partial charge on any atom is -0.338 e. The van der Waals surface area contributed by atoms with Gasteiger partial charge in [-0.15, -0.1) is 11.3 Å². The number of anilines is 1. The summed E-state index contributed by atoms with van der Waals surface area (Å²) in [5.41, 5.74) is 0. The van der Waals surface area contributed by atoms with Crippen molar-refractivity contribution in [2.45, 2.75) is 13.3 Å². The summed E-state index contributed by atoms with van der Waals surface area (Å²) >= 11 is 1.42. The van der Waals surface area contributed by atoms with Crippen molar-refractivity contribution in [2.75, 3.05) is 11.9 Å². The lowest BCUT2D eigenvalue weighted by Crippen LogP contribution is -2.30. The van der Waals surface area contributed by atoms with Crippen LogP contribution in [0.3, 0.4) is 0 Å². The van der Waals surface area contributed by atoms with Crippen molar-refractivity contribution in [3.63, 3.8) is 0 Å². The van der Waals surface area contributed by atoms with Gasteiger partial charge in [-0.1, -0.05) is 6.92 Å². The lowest BCUT2D eigenvalue weighted by molar-refractivity contribution is 0.251.